The molecule has 0 aliphatic carbocycles. The smallest absolute Gasteiger partial charge is 0.310 e. The van der Waals surface area contributed by atoms with E-state index >= 15 is 0 Å². The first-order valence-corrected chi connectivity index (χ1v) is 4.03. The Hall–Kier alpha value is -1.13. The van der Waals surface area contributed by atoms with Crippen LogP contribution in [0, 0.1) is 5.92 Å². The quantitative estimate of drug-likeness (QED) is 0.678. The van der Waals surface area contributed by atoms with Crippen molar-refractivity contribution in [3.63, 3.8) is 0 Å². The summed E-state index contributed by atoms with van der Waals surface area (Å²) in [5.41, 5.74) is -1.90. The Bertz CT molecular complexity index is 240. The summed E-state index contributed by atoms with van der Waals surface area (Å²) in [5.74, 6) is -2.09. The van der Waals surface area contributed by atoms with Gasteiger partial charge in [0.25, 0.3) is 5.91 Å². The minimum atomic E-state index is -1.90. The first kappa shape index (κ1) is 9.95. The lowest BCUT2D eigenvalue weighted by atomic mass is 9.97. The van der Waals surface area contributed by atoms with E-state index in [4.69, 9.17) is 5.11 Å². The van der Waals surface area contributed by atoms with Crippen molar-refractivity contribution in [2.24, 2.45) is 5.92 Å². The molecule has 1 amide bonds. The summed E-state index contributed by atoms with van der Waals surface area (Å²) in [6.45, 7) is 2.59. The van der Waals surface area contributed by atoms with Gasteiger partial charge in [-0.25, -0.2) is 4.39 Å². The van der Waals surface area contributed by atoms with Gasteiger partial charge in [0.2, 0.25) is 0 Å². The molecule has 0 saturated carbocycles. The molecule has 0 atom stereocenters. The third-order valence-corrected chi connectivity index (χ3v) is 2.03. The Morgan fingerprint density at radius 3 is 2.23 bits per heavy atom. The molecule has 0 unspecified atom stereocenters. The van der Waals surface area contributed by atoms with Gasteiger partial charge in [-0.15, -0.1) is 0 Å². The van der Waals surface area contributed by atoms with E-state index in [0.29, 0.717) is 0 Å². The van der Waals surface area contributed by atoms with Crippen LogP contribution < -0.4 is 0 Å². The Balaban J connectivity index is 2.44. The van der Waals surface area contributed by atoms with Crippen LogP contribution in [0.3, 0.4) is 0 Å². The fourth-order valence-electron chi connectivity index (χ4n) is 1.18. The molecular formula is C8H12FNO3. The van der Waals surface area contributed by atoms with Gasteiger partial charge in [0, 0.05) is 13.1 Å². The van der Waals surface area contributed by atoms with Crippen molar-refractivity contribution < 1.29 is 19.1 Å². The molecule has 5 heteroatoms. The zero-order valence-electron chi connectivity index (χ0n) is 7.58. The second kappa shape index (κ2) is 2.97. The Morgan fingerprint density at radius 2 is 1.92 bits per heavy atom. The van der Waals surface area contributed by atoms with Crippen LogP contribution in [0.5, 0.6) is 0 Å². The average molecular weight is 189 g/mol. The molecule has 0 spiro atoms. The zero-order chi connectivity index (χ0) is 10.2. The van der Waals surface area contributed by atoms with Gasteiger partial charge in [-0.05, 0) is 13.8 Å². The molecule has 0 bridgehead atoms. The van der Waals surface area contributed by atoms with Gasteiger partial charge in [0.1, 0.15) is 0 Å². The lowest BCUT2D eigenvalue weighted by molar-refractivity contribution is -0.157. The summed E-state index contributed by atoms with van der Waals surface area (Å²) in [7, 11) is 0. The molecule has 1 heterocycles. The highest BCUT2D eigenvalue weighted by Gasteiger charge is 2.41. The molecule has 1 aliphatic rings. The fourth-order valence-corrected chi connectivity index (χ4v) is 1.18. The number of halogens is 1. The molecule has 0 aromatic heterocycles. The van der Waals surface area contributed by atoms with Crippen LogP contribution in [0.4, 0.5) is 4.39 Å². The number of rotatable bonds is 2. The summed E-state index contributed by atoms with van der Waals surface area (Å²) in [4.78, 5) is 22.8. The highest BCUT2D eigenvalue weighted by molar-refractivity contribution is 5.86. The van der Waals surface area contributed by atoms with Crippen molar-refractivity contribution in [1.29, 1.82) is 0 Å². The summed E-state index contributed by atoms with van der Waals surface area (Å²) < 4.78 is 13.0. The summed E-state index contributed by atoms with van der Waals surface area (Å²) >= 11 is 0. The minimum Gasteiger partial charge on any atom is -0.481 e. The molecule has 0 radical (unpaired) electrons. The topological polar surface area (TPSA) is 57.6 Å². The average Bonchev–Trinajstić information content (AvgIpc) is 1.80. The number of carbonyl (C=O) groups excluding carboxylic acids is 1. The monoisotopic (exact) mass is 189 g/mol. The number of carbonyl (C=O) groups is 2. The summed E-state index contributed by atoms with van der Waals surface area (Å²) in [5, 5.41) is 8.50. The number of aliphatic carboxylic acids is 1. The summed E-state index contributed by atoms with van der Waals surface area (Å²) in [6.07, 6.45) is 0. The molecule has 13 heavy (non-hydrogen) atoms. The van der Waals surface area contributed by atoms with Crippen LogP contribution in [-0.4, -0.2) is 40.6 Å². The van der Waals surface area contributed by atoms with E-state index < -0.39 is 23.5 Å². The predicted octanol–water partition coefficient (Wildman–Crippen LogP) is 0.278. The van der Waals surface area contributed by atoms with Crippen LogP contribution >= 0.6 is 0 Å². The van der Waals surface area contributed by atoms with E-state index in [9.17, 15) is 14.0 Å². The standard InChI is InChI=1S/C8H12FNO3/c1-8(2,9)7(13)10-3-5(4-10)6(11)12/h5H,3-4H2,1-2H3,(H,11,12). The molecule has 1 saturated heterocycles. The van der Waals surface area contributed by atoms with E-state index in [-0.39, 0.29) is 13.1 Å². The first-order chi connectivity index (χ1) is 5.82. The number of hydrogen-bond donors (Lipinski definition) is 1. The molecule has 74 valence electrons. The molecule has 1 rings (SSSR count). The zero-order valence-corrected chi connectivity index (χ0v) is 7.58. The maximum Gasteiger partial charge on any atom is 0.310 e. The van der Waals surface area contributed by atoms with Crippen LogP contribution in [0.25, 0.3) is 0 Å². The SMILES string of the molecule is CC(C)(F)C(=O)N1CC(C(=O)O)C1. The van der Waals surface area contributed by atoms with Gasteiger partial charge in [0.15, 0.2) is 5.67 Å². The van der Waals surface area contributed by atoms with Crippen molar-refractivity contribution in [3.05, 3.63) is 0 Å². The van der Waals surface area contributed by atoms with Crippen LogP contribution in [-0.2, 0) is 9.59 Å². The van der Waals surface area contributed by atoms with Gasteiger partial charge in [-0.3, -0.25) is 9.59 Å². The van der Waals surface area contributed by atoms with Gasteiger partial charge in [0.05, 0.1) is 5.92 Å². The molecular weight excluding hydrogens is 177 g/mol. The van der Waals surface area contributed by atoms with Crippen LogP contribution in [0.1, 0.15) is 13.8 Å². The van der Waals surface area contributed by atoms with Crippen LogP contribution in [0.2, 0.25) is 0 Å². The number of amides is 1. The number of carboxylic acids is 1. The number of hydrogen-bond acceptors (Lipinski definition) is 2. The Kier molecular flexibility index (Phi) is 2.28. The maximum absolute atomic E-state index is 13.0. The largest absolute Gasteiger partial charge is 0.481 e. The lowest BCUT2D eigenvalue weighted by Gasteiger charge is -2.38. The molecule has 1 fully saturated rings. The fraction of sp³-hybridized carbons (Fsp3) is 0.750. The molecule has 0 aromatic rings. The van der Waals surface area contributed by atoms with Gasteiger partial charge in [-0.2, -0.15) is 0 Å². The molecule has 1 aliphatic heterocycles. The van der Waals surface area contributed by atoms with Crippen molar-refractivity contribution in [2.45, 2.75) is 19.5 Å². The van der Waals surface area contributed by atoms with E-state index in [1.165, 1.54) is 18.7 Å². The highest BCUT2D eigenvalue weighted by Crippen LogP contribution is 2.21. The number of nitrogens with zero attached hydrogens (tertiary/aromatic N) is 1. The predicted molar refractivity (Wildman–Crippen MR) is 42.9 cm³/mol. The normalized spacial score (nSPS) is 18.2. The first-order valence-electron chi connectivity index (χ1n) is 4.03. The lowest BCUT2D eigenvalue weighted by Crippen LogP contribution is -2.57. The second-order valence-electron chi connectivity index (χ2n) is 3.72. The number of alkyl halides is 1. The van der Waals surface area contributed by atoms with E-state index in [1.54, 1.807) is 0 Å². The molecule has 1 N–H and O–H groups in total. The number of carboxylic acid groups (broad SMARTS) is 1. The Labute approximate surface area is 75.3 Å². The maximum atomic E-state index is 13.0. The third kappa shape index (κ3) is 1.96. The van der Waals surface area contributed by atoms with E-state index in [1.807, 2.05) is 0 Å². The van der Waals surface area contributed by atoms with Crippen molar-refractivity contribution in [1.82, 2.24) is 4.90 Å². The van der Waals surface area contributed by atoms with Crippen molar-refractivity contribution >= 4 is 11.9 Å². The van der Waals surface area contributed by atoms with Crippen molar-refractivity contribution in [3.8, 4) is 0 Å². The Morgan fingerprint density at radius 1 is 1.46 bits per heavy atom. The van der Waals surface area contributed by atoms with Gasteiger partial charge >= 0.3 is 5.97 Å². The van der Waals surface area contributed by atoms with Crippen LogP contribution in [0.15, 0.2) is 0 Å². The van der Waals surface area contributed by atoms with Crippen molar-refractivity contribution in [2.75, 3.05) is 13.1 Å². The van der Waals surface area contributed by atoms with Gasteiger partial charge < -0.3 is 10.0 Å². The second-order valence-corrected chi connectivity index (χ2v) is 3.72. The number of likely N-dealkylation sites (tertiary alicyclic amines) is 1. The van der Waals surface area contributed by atoms with E-state index in [2.05, 4.69) is 0 Å². The third-order valence-electron chi connectivity index (χ3n) is 2.03. The molecule has 0 aromatic carbocycles. The van der Waals surface area contributed by atoms with E-state index in [0.717, 1.165) is 0 Å². The minimum absolute atomic E-state index is 0.127. The van der Waals surface area contributed by atoms with Gasteiger partial charge in [-0.1, -0.05) is 0 Å². The highest BCUT2D eigenvalue weighted by atomic mass is 19.1. The summed E-state index contributed by atoms with van der Waals surface area (Å²) in [6, 6.07) is 0. The molecule has 4 nitrogen and oxygen atoms in total.